The maximum Gasteiger partial charge on any atom is 0.316 e. The van der Waals surface area contributed by atoms with Gasteiger partial charge in [0.25, 0.3) is 0 Å². The number of hydrogen-bond acceptors (Lipinski definition) is 0. The fraction of sp³-hybridized carbons (Fsp3) is 0.0476. The van der Waals surface area contributed by atoms with Gasteiger partial charge in [-0.2, -0.15) is 11.5 Å². The quantitative estimate of drug-likeness (QED) is 0.426. The van der Waals surface area contributed by atoms with Crippen molar-refractivity contribution in [3.63, 3.8) is 0 Å². The number of rotatable bonds is 0. The molecular weight excluding hydrogens is 298 g/mol. The summed E-state index contributed by atoms with van der Waals surface area (Å²) in [5.74, 6) is 0. The van der Waals surface area contributed by atoms with Crippen LogP contribution in [0.2, 0.25) is 0 Å². The fourth-order valence-corrected chi connectivity index (χ4v) is 4.17. The largest absolute Gasteiger partial charge is 0.316 e. The molecule has 0 saturated heterocycles. The van der Waals surface area contributed by atoms with Crippen LogP contribution in [0, 0.1) is 0 Å². The Labute approximate surface area is 140 Å². The first-order valence-electron chi connectivity index (χ1n) is 7.97. The number of fused-ring (bicyclic) bond motifs is 4. The monoisotopic (exact) mass is 312 g/mol. The Kier molecular flexibility index (Phi) is 2.80. The summed E-state index contributed by atoms with van der Waals surface area (Å²) in [5.41, 5.74) is 5.22. The summed E-state index contributed by atoms with van der Waals surface area (Å²) in [6, 6.07) is 26.2. The van der Waals surface area contributed by atoms with Crippen molar-refractivity contribution in [3.05, 3.63) is 83.9 Å². The van der Waals surface area contributed by atoms with E-state index in [0.717, 1.165) is 6.42 Å². The standard InChI is InChI=1S/C21H14BCl/c23-22-20-12-16-7-3-1-5-14(16)9-18(20)11-19-10-15-6-2-4-8-17(15)13-21(19)22/h1-10,12-13H,11H2. The fourth-order valence-electron chi connectivity index (χ4n) is 3.76. The van der Waals surface area contributed by atoms with E-state index in [9.17, 15) is 0 Å². The van der Waals surface area contributed by atoms with Crippen LogP contribution in [-0.2, 0) is 6.42 Å². The van der Waals surface area contributed by atoms with Crippen LogP contribution in [0.5, 0.6) is 0 Å². The molecule has 0 bridgehead atoms. The van der Waals surface area contributed by atoms with Crippen LogP contribution < -0.4 is 10.9 Å². The van der Waals surface area contributed by atoms with Gasteiger partial charge in [-0.25, -0.2) is 0 Å². The second kappa shape index (κ2) is 4.87. The molecular formula is C21H14BCl. The summed E-state index contributed by atoms with van der Waals surface area (Å²) < 4.78 is 0. The smallest absolute Gasteiger partial charge is 0.182 e. The molecule has 0 fully saturated rings. The van der Waals surface area contributed by atoms with Crippen molar-refractivity contribution in [3.8, 4) is 0 Å². The molecule has 0 aromatic heterocycles. The lowest BCUT2D eigenvalue weighted by Gasteiger charge is -2.24. The molecule has 5 rings (SSSR count). The van der Waals surface area contributed by atoms with Gasteiger partial charge >= 0.3 is 6.13 Å². The van der Waals surface area contributed by atoms with Crippen LogP contribution in [0.25, 0.3) is 21.5 Å². The minimum absolute atomic E-state index is 0.0667. The summed E-state index contributed by atoms with van der Waals surface area (Å²) in [6.45, 7) is 0. The minimum atomic E-state index is -0.0667. The molecule has 0 amide bonds. The van der Waals surface area contributed by atoms with Gasteiger partial charge in [0.15, 0.2) is 0 Å². The van der Waals surface area contributed by atoms with Gasteiger partial charge in [0.1, 0.15) is 0 Å². The molecule has 0 nitrogen and oxygen atoms in total. The lowest BCUT2D eigenvalue weighted by molar-refractivity contribution is 1.22. The highest BCUT2D eigenvalue weighted by Crippen LogP contribution is 2.24. The second-order valence-electron chi connectivity index (χ2n) is 6.34. The van der Waals surface area contributed by atoms with Crippen molar-refractivity contribution >= 4 is 50.1 Å². The molecule has 0 aliphatic carbocycles. The highest BCUT2D eigenvalue weighted by atomic mass is 35.5. The summed E-state index contributed by atoms with van der Waals surface area (Å²) in [4.78, 5) is 0. The van der Waals surface area contributed by atoms with Crippen LogP contribution in [0.3, 0.4) is 0 Å². The summed E-state index contributed by atoms with van der Waals surface area (Å²) >= 11 is 6.88. The van der Waals surface area contributed by atoms with Gasteiger partial charge in [0, 0.05) is 0 Å². The molecule has 4 aromatic rings. The van der Waals surface area contributed by atoms with E-state index < -0.39 is 0 Å². The van der Waals surface area contributed by atoms with Crippen LogP contribution in [-0.4, -0.2) is 6.13 Å². The van der Waals surface area contributed by atoms with Crippen LogP contribution in [0.15, 0.2) is 72.8 Å². The van der Waals surface area contributed by atoms with Crippen molar-refractivity contribution in [1.82, 2.24) is 0 Å². The van der Waals surface area contributed by atoms with E-state index in [0.29, 0.717) is 0 Å². The van der Waals surface area contributed by atoms with E-state index in [1.807, 2.05) is 0 Å². The van der Waals surface area contributed by atoms with Crippen molar-refractivity contribution in [1.29, 1.82) is 0 Å². The first-order valence-corrected chi connectivity index (χ1v) is 8.40. The van der Waals surface area contributed by atoms with E-state index in [4.69, 9.17) is 11.5 Å². The first kappa shape index (κ1) is 13.2. The lowest BCUT2D eigenvalue weighted by atomic mass is 9.54. The number of hydrogen-bond donors (Lipinski definition) is 0. The van der Waals surface area contributed by atoms with E-state index in [1.54, 1.807) is 0 Å². The molecule has 1 heterocycles. The van der Waals surface area contributed by atoms with Crippen molar-refractivity contribution < 1.29 is 0 Å². The van der Waals surface area contributed by atoms with Gasteiger partial charge in [-0.3, -0.25) is 0 Å². The molecule has 0 radical (unpaired) electrons. The van der Waals surface area contributed by atoms with Crippen LogP contribution in [0.4, 0.5) is 0 Å². The Balaban J connectivity index is 1.76. The molecule has 1 aliphatic heterocycles. The molecule has 0 N–H and O–H groups in total. The van der Waals surface area contributed by atoms with Crippen molar-refractivity contribution in [2.24, 2.45) is 0 Å². The zero-order chi connectivity index (χ0) is 15.4. The van der Waals surface area contributed by atoms with E-state index >= 15 is 0 Å². The SMILES string of the molecule is ClB1c2cc3ccccc3cc2Cc2cc3ccccc3cc21. The Morgan fingerprint density at radius 1 is 0.609 bits per heavy atom. The average molecular weight is 313 g/mol. The predicted octanol–water partition coefficient (Wildman–Crippen LogP) is 4.24. The molecule has 0 unspecified atom stereocenters. The van der Waals surface area contributed by atoms with Gasteiger partial charge in [0.2, 0.25) is 0 Å². The molecule has 0 saturated carbocycles. The molecule has 2 heteroatoms. The third-order valence-corrected chi connectivity index (χ3v) is 5.41. The highest BCUT2D eigenvalue weighted by Gasteiger charge is 2.28. The number of halogens is 1. The highest BCUT2D eigenvalue weighted by molar-refractivity contribution is 7.21. The maximum absolute atomic E-state index is 6.88. The van der Waals surface area contributed by atoms with Gasteiger partial charge < -0.3 is 0 Å². The molecule has 0 spiro atoms. The lowest BCUT2D eigenvalue weighted by Crippen LogP contribution is -2.45. The Morgan fingerprint density at radius 2 is 1.00 bits per heavy atom. The third-order valence-electron chi connectivity index (χ3n) is 4.94. The average Bonchev–Trinajstić information content (AvgIpc) is 2.59. The number of benzene rings is 4. The van der Waals surface area contributed by atoms with Crippen LogP contribution >= 0.6 is 11.5 Å². The molecule has 0 atom stereocenters. The Bertz CT molecular complexity index is 983. The van der Waals surface area contributed by atoms with E-state index in [2.05, 4.69) is 72.8 Å². The van der Waals surface area contributed by atoms with Gasteiger partial charge in [0.05, 0.1) is 0 Å². The molecule has 4 aromatic carbocycles. The van der Waals surface area contributed by atoms with Gasteiger partial charge in [-0.15, -0.1) is 0 Å². The molecule has 23 heavy (non-hydrogen) atoms. The normalized spacial score (nSPS) is 13.2. The minimum Gasteiger partial charge on any atom is -0.182 e. The molecule has 108 valence electrons. The Hall–Kier alpha value is -2.25. The van der Waals surface area contributed by atoms with Crippen molar-refractivity contribution in [2.75, 3.05) is 0 Å². The maximum atomic E-state index is 6.88. The summed E-state index contributed by atoms with van der Waals surface area (Å²) in [7, 11) is 0. The summed E-state index contributed by atoms with van der Waals surface area (Å²) in [5, 5.41) is 5.11. The first-order chi connectivity index (χ1) is 11.3. The van der Waals surface area contributed by atoms with Gasteiger partial charge in [-0.05, 0) is 39.1 Å². The molecule has 1 aliphatic rings. The second-order valence-corrected chi connectivity index (χ2v) is 6.77. The van der Waals surface area contributed by atoms with E-state index in [-0.39, 0.29) is 6.13 Å². The van der Waals surface area contributed by atoms with E-state index in [1.165, 1.54) is 43.6 Å². The van der Waals surface area contributed by atoms with Crippen molar-refractivity contribution in [2.45, 2.75) is 6.42 Å². The zero-order valence-corrected chi connectivity index (χ0v) is 13.3. The topological polar surface area (TPSA) is 0 Å². The summed E-state index contributed by atoms with van der Waals surface area (Å²) in [6.07, 6.45) is 0.895. The Morgan fingerprint density at radius 3 is 1.43 bits per heavy atom. The van der Waals surface area contributed by atoms with Crippen LogP contribution in [0.1, 0.15) is 11.1 Å². The predicted molar refractivity (Wildman–Crippen MR) is 102 cm³/mol. The zero-order valence-electron chi connectivity index (χ0n) is 12.6. The third kappa shape index (κ3) is 2.00. The van der Waals surface area contributed by atoms with Gasteiger partial charge in [-0.1, -0.05) is 83.7 Å².